The molecule has 1 aliphatic rings. The van der Waals surface area contributed by atoms with Gasteiger partial charge in [-0.15, -0.1) is 0 Å². The van der Waals surface area contributed by atoms with E-state index in [2.05, 4.69) is 12.2 Å². The fraction of sp³-hybridized carbons (Fsp3) is 0.650. The van der Waals surface area contributed by atoms with Crippen LogP contribution in [-0.2, 0) is 14.8 Å². The number of carbonyl (C=O) groups is 1. The van der Waals surface area contributed by atoms with Crippen LogP contribution in [0.5, 0.6) is 0 Å². The third-order valence-corrected chi connectivity index (χ3v) is 7.38. The maximum absolute atomic E-state index is 13.1. The zero-order valence-electron chi connectivity index (χ0n) is 17.3. The summed E-state index contributed by atoms with van der Waals surface area (Å²) in [5.41, 5.74) is 2.67. The Morgan fingerprint density at radius 2 is 1.74 bits per heavy atom. The number of sulfonamides is 1. The first-order valence-corrected chi connectivity index (χ1v) is 11.3. The maximum Gasteiger partial charge on any atom is 0.275 e. The van der Waals surface area contributed by atoms with Crippen molar-refractivity contribution in [2.75, 3.05) is 32.7 Å². The van der Waals surface area contributed by atoms with Gasteiger partial charge in [0.25, 0.3) is 5.91 Å². The van der Waals surface area contributed by atoms with Gasteiger partial charge < -0.3 is 10.2 Å². The van der Waals surface area contributed by atoms with Crippen LogP contribution in [0.15, 0.2) is 17.0 Å². The molecular weight excluding hydrogens is 362 g/mol. The van der Waals surface area contributed by atoms with Crippen LogP contribution >= 0.6 is 0 Å². The lowest BCUT2D eigenvalue weighted by atomic mass is 10.1. The molecule has 1 aromatic rings. The summed E-state index contributed by atoms with van der Waals surface area (Å²) >= 11 is 0. The summed E-state index contributed by atoms with van der Waals surface area (Å²) in [6.07, 6.45) is 2.02. The molecule has 0 radical (unpaired) electrons. The number of piperazine rings is 1. The molecule has 0 bridgehead atoms. The number of benzene rings is 1. The highest BCUT2D eigenvalue weighted by Crippen LogP contribution is 2.25. The van der Waals surface area contributed by atoms with Gasteiger partial charge in [0.1, 0.15) is 0 Å². The van der Waals surface area contributed by atoms with Crippen molar-refractivity contribution >= 4 is 15.9 Å². The molecule has 6 nitrogen and oxygen atoms in total. The molecule has 2 N–H and O–H groups in total. The molecule has 0 saturated carbocycles. The summed E-state index contributed by atoms with van der Waals surface area (Å²) in [7, 11) is -3.50. The van der Waals surface area contributed by atoms with E-state index in [1.165, 1.54) is 0 Å². The minimum atomic E-state index is -3.50. The topological polar surface area (TPSA) is 70.9 Å². The molecule has 1 heterocycles. The number of aryl methyl sites for hydroxylation is 3. The minimum absolute atomic E-state index is 0.0486. The van der Waals surface area contributed by atoms with Gasteiger partial charge in [0, 0.05) is 6.04 Å². The fourth-order valence-electron chi connectivity index (χ4n) is 3.98. The molecule has 0 spiro atoms. The Morgan fingerprint density at radius 3 is 2.26 bits per heavy atom. The normalized spacial score (nSPS) is 17.7. The molecule has 1 aliphatic heterocycles. The highest BCUT2D eigenvalue weighted by molar-refractivity contribution is 7.89. The Bertz CT molecular complexity index is 746. The second kappa shape index (κ2) is 9.17. The Hall–Kier alpha value is -1.44. The van der Waals surface area contributed by atoms with Crippen LogP contribution in [0.25, 0.3) is 0 Å². The van der Waals surface area contributed by atoms with Crippen LogP contribution in [-0.4, -0.2) is 57.4 Å². The van der Waals surface area contributed by atoms with E-state index in [0.717, 1.165) is 34.4 Å². The van der Waals surface area contributed by atoms with Crippen molar-refractivity contribution in [1.29, 1.82) is 0 Å². The largest absolute Gasteiger partial charge is 0.349 e. The van der Waals surface area contributed by atoms with Gasteiger partial charge in [0.2, 0.25) is 10.0 Å². The van der Waals surface area contributed by atoms with Crippen LogP contribution in [0, 0.1) is 20.8 Å². The number of amides is 1. The third-order valence-electron chi connectivity index (χ3n) is 5.17. The van der Waals surface area contributed by atoms with Crippen molar-refractivity contribution < 1.29 is 18.1 Å². The molecule has 152 valence electrons. The van der Waals surface area contributed by atoms with E-state index in [-0.39, 0.29) is 11.9 Å². The molecule has 1 amide bonds. The molecule has 1 atom stereocenters. The summed E-state index contributed by atoms with van der Waals surface area (Å²) in [4.78, 5) is 13.7. The van der Waals surface area contributed by atoms with Gasteiger partial charge in [0.15, 0.2) is 6.54 Å². The standard InChI is InChI=1S/C20H33N3O3S/c1-6-7-18(5)21-19(24)14-22-8-10-23(11-9-22)27(25,26)20-16(3)12-15(2)13-17(20)4/h12-13,18H,6-11,14H2,1-5H3,(H,21,24)/p+1/t18-/m0/s1. The lowest BCUT2D eigenvalue weighted by Crippen LogP contribution is -3.15. The van der Waals surface area contributed by atoms with Gasteiger partial charge in [-0.2, -0.15) is 4.31 Å². The number of rotatable bonds is 7. The monoisotopic (exact) mass is 396 g/mol. The summed E-state index contributed by atoms with van der Waals surface area (Å²) in [5, 5.41) is 3.02. The smallest absolute Gasteiger partial charge is 0.275 e. The maximum atomic E-state index is 13.1. The van der Waals surface area contributed by atoms with E-state index >= 15 is 0 Å². The van der Waals surface area contributed by atoms with E-state index in [1.54, 1.807) is 4.31 Å². The Kier molecular flexibility index (Phi) is 7.42. The summed E-state index contributed by atoms with van der Waals surface area (Å²) in [6, 6.07) is 4.03. The zero-order valence-corrected chi connectivity index (χ0v) is 18.1. The first kappa shape index (κ1) is 21.9. The van der Waals surface area contributed by atoms with Gasteiger partial charge in [-0.1, -0.05) is 31.0 Å². The minimum Gasteiger partial charge on any atom is -0.349 e. The predicted octanol–water partition coefficient (Wildman–Crippen LogP) is 0.806. The van der Waals surface area contributed by atoms with Crippen molar-refractivity contribution in [1.82, 2.24) is 9.62 Å². The number of nitrogens with one attached hydrogen (secondary N) is 2. The number of nitrogens with zero attached hydrogens (tertiary/aromatic N) is 1. The molecule has 1 aromatic carbocycles. The van der Waals surface area contributed by atoms with Crippen LogP contribution in [0.4, 0.5) is 0 Å². The SMILES string of the molecule is CCC[C@H](C)NC(=O)C[NH+]1CCN(S(=O)(=O)c2c(C)cc(C)cc2C)CC1. The van der Waals surface area contributed by atoms with Gasteiger partial charge in [-0.25, -0.2) is 8.42 Å². The number of carbonyl (C=O) groups excluding carboxylic acids is 1. The Morgan fingerprint density at radius 1 is 1.19 bits per heavy atom. The van der Waals surface area contributed by atoms with Crippen molar-refractivity contribution in [3.05, 3.63) is 28.8 Å². The van der Waals surface area contributed by atoms with E-state index in [4.69, 9.17) is 0 Å². The molecule has 0 aliphatic carbocycles. The molecule has 1 saturated heterocycles. The Balaban J connectivity index is 1.98. The molecular formula is C20H34N3O3S+. The quantitative estimate of drug-likeness (QED) is 0.716. The summed E-state index contributed by atoms with van der Waals surface area (Å²) in [5.74, 6) is 0.0486. The molecule has 0 aromatic heterocycles. The first-order chi connectivity index (χ1) is 12.6. The zero-order chi connectivity index (χ0) is 20.2. The molecule has 0 unspecified atom stereocenters. The van der Waals surface area contributed by atoms with Gasteiger partial charge in [-0.05, 0) is 45.2 Å². The average molecular weight is 397 g/mol. The average Bonchev–Trinajstić information content (AvgIpc) is 2.54. The second-order valence-electron chi connectivity index (χ2n) is 7.82. The molecule has 2 rings (SSSR count). The van der Waals surface area contributed by atoms with Crippen LogP contribution in [0.1, 0.15) is 43.4 Å². The van der Waals surface area contributed by atoms with Crippen molar-refractivity contribution in [3.63, 3.8) is 0 Å². The van der Waals surface area contributed by atoms with E-state index in [9.17, 15) is 13.2 Å². The Labute approximate surface area is 164 Å². The van der Waals surface area contributed by atoms with Crippen molar-refractivity contribution in [2.45, 2.75) is 58.4 Å². The lowest BCUT2D eigenvalue weighted by Gasteiger charge is -2.32. The lowest BCUT2D eigenvalue weighted by molar-refractivity contribution is -0.895. The second-order valence-corrected chi connectivity index (χ2v) is 9.69. The van der Waals surface area contributed by atoms with E-state index in [0.29, 0.717) is 37.6 Å². The van der Waals surface area contributed by atoms with Crippen LogP contribution < -0.4 is 10.2 Å². The van der Waals surface area contributed by atoms with Gasteiger partial charge in [-0.3, -0.25) is 4.79 Å². The van der Waals surface area contributed by atoms with Gasteiger partial charge >= 0.3 is 0 Å². The fourth-order valence-corrected chi connectivity index (χ4v) is 5.83. The first-order valence-electron chi connectivity index (χ1n) is 9.86. The van der Waals surface area contributed by atoms with Crippen LogP contribution in [0.3, 0.4) is 0 Å². The molecule has 1 fully saturated rings. The van der Waals surface area contributed by atoms with Crippen molar-refractivity contribution in [3.8, 4) is 0 Å². The molecule has 27 heavy (non-hydrogen) atoms. The van der Waals surface area contributed by atoms with E-state index < -0.39 is 10.0 Å². The highest BCUT2D eigenvalue weighted by Gasteiger charge is 2.33. The third kappa shape index (κ3) is 5.53. The number of hydrogen-bond donors (Lipinski definition) is 2. The number of quaternary nitrogens is 1. The van der Waals surface area contributed by atoms with E-state index in [1.807, 2.05) is 39.8 Å². The predicted molar refractivity (Wildman–Crippen MR) is 107 cm³/mol. The van der Waals surface area contributed by atoms with Crippen molar-refractivity contribution in [2.24, 2.45) is 0 Å². The summed E-state index contributed by atoms with van der Waals surface area (Å²) < 4.78 is 27.8. The summed E-state index contributed by atoms with van der Waals surface area (Å²) in [6.45, 7) is 12.4. The van der Waals surface area contributed by atoms with Crippen LogP contribution in [0.2, 0.25) is 0 Å². The van der Waals surface area contributed by atoms with Gasteiger partial charge in [0.05, 0.1) is 31.1 Å². The number of hydrogen-bond acceptors (Lipinski definition) is 3. The molecule has 7 heteroatoms. The highest BCUT2D eigenvalue weighted by atomic mass is 32.2.